The Bertz CT molecular complexity index is 1280. The molecule has 0 bridgehead atoms. The molecule has 0 saturated heterocycles. The van der Waals surface area contributed by atoms with Crippen LogP contribution in [-0.2, 0) is 6.54 Å². The van der Waals surface area contributed by atoms with Gasteiger partial charge in [0.15, 0.2) is 5.65 Å². The lowest BCUT2D eigenvalue weighted by molar-refractivity contribution is 0.754. The minimum atomic E-state index is -0.253. The smallest absolute Gasteiger partial charge is 0.303 e. The molecule has 5 aromatic heterocycles. The number of fused-ring (bicyclic) bond motifs is 2. The highest BCUT2D eigenvalue weighted by atomic mass is 16.1. The monoisotopic (exact) mass is 344 g/mol. The summed E-state index contributed by atoms with van der Waals surface area (Å²) in [5.74, 6) is 0.431. The molecule has 0 spiro atoms. The summed E-state index contributed by atoms with van der Waals surface area (Å²) in [6.45, 7) is 0.324. The molecule has 126 valence electrons. The van der Waals surface area contributed by atoms with Crippen LogP contribution >= 0.6 is 0 Å². The van der Waals surface area contributed by atoms with Crippen molar-refractivity contribution in [2.45, 2.75) is 6.54 Å². The van der Waals surface area contributed by atoms with Gasteiger partial charge in [0.05, 0.1) is 30.1 Å². The first-order valence-corrected chi connectivity index (χ1v) is 7.92. The predicted molar refractivity (Wildman–Crippen MR) is 93.9 cm³/mol. The molecule has 5 rings (SSSR count). The maximum atomic E-state index is 12.3. The summed E-state index contributed by atoms with van der Waals surface area (Å²) in [6, 6.07) is 7.42. The van der Waals surface area contributed by atoms with Crippen molar-refractivity contribution in [1.29, 1.82) is 0 Å². The fraction of sp³-hybridized carbons (Fsp3) is 0.0588. The van der Waals surface area contributed by atoms with E-state index in [0.717, 1.165) is 16.7 Å². The van der Waals surface area contributed by atoms with Crippen LogP contribution in [-0.4, -0.2) is 39.0 Å². The Hall–Kier alpha value is -3.88. The molecule has 0 atom stereocenters. The van der Waals surface area contributed by atoms with Gasteiger partial charge < -0.3 is 4.98 Å². The van der Waals surface area contributed by atoms with Crippen LogP contribution in [0.3, 0.4) is 0 Å². The third kappa shape index (κ3) is 2.25. The molecule has 26 heavy (non-hydrogen) atoms. The average Bonchev–Trinajstić information content (AvgIpc) is 3.24. The number of imidazole rings is 2. The zero-order valence-electron chi connectivity index (χ0n) is 13.4. The second kappa shape index (κ2) is 5.59. The van der Waals surface area contributed by atoms with Gasteiger partial charge in [-0.15, -0.1) is 0 Å². The minimum Gasteiger partial charge on any atom is -0.303 e. The van der Waals surface area contributed by atoms with E-state index >= 15 is 0 Å². The van der Waals surface area contributed by atoms with Crippen molar-refractivity contribution >= 4 is 22.2 Å². The molecule has 0 unspecified atom stereocenters. The van der Waals surface area contributed by atoms with Crippen LogP contribution in [0.1, 0.15) is 5.69 Å². The van der Waals surface area contributed by atoms with Crippen LogP contribution in [0.2, 0.25) is 0 Å². The van der Waals surface area contributed by atoms with Gasteiger partial charge in [-0.3, -0.25) is 19.1 Å². The number of aromatic nitrogens is 8. The number of hydrogen-bond donors (Lipinski definition) is 1. The molecule has 5 aromatic rings. The van der Waals surface area contributed by atoms with Gasteiger partial charge in [-0.2, -0.15) is 4.98 Å². The number of nitrogens with one attached hydrogen (secondary N) is 1. The Kier molecular flexibility index (Phi) is 3.11. The number of aromatic amines is 1. The van der Waals surface area contributed by atoms with Gasteiger partial charge in [-0.25, -0.2) is 14.8 Å². The number of pyridine rings is 2. The van der Waals surface area contributed by atoms with Gasteiger partial charge in [0.1, 0.15) is 17.4 Å². The molecule has 0 aromatic carbocycles. The van der Waals surface area contributed by atoms with Crippen molar-refractivity contribution in [3.05, 3.63) is 71.6 Å². The molecule has 0 aliphatic rings. The quantitative estimate of drug-likeness (QED) is 0.528. The van der Waals surface area contributed by atoms with Crippen LogP contribution in [0.4, 0.5) is 0 Å². The van der Waals surface area contributed by atoms with E-state index in [4.69, 9.17) is 0 Å². The molecule has 0 aliphatic heterocycles. The second-order valence-corrected chi connectivity index (χ2v) is 5.72. The molecule has 1 N–H and O–H groups in total. The summed E-state index contributed by atoms with van der Waals surface area (Å²) in [7, 11) is 0. The topological polar surface area (TPSA) is 107 Å². The highest BCUT2D eigenvalue weighted by Crippen LogP contribution is 2.16. The van der Waals surface area contributed by atoms with Gasteiger partial charge >= 0.3 is 5.69 Å². The van der Waals surface area contributed by atoms with E-state index in [1.165, 1.54) is 0 Å². The van der Waals surface area contributed by atoms with E-state index in [0.29, 0.717) is 23.7 Å². The zero-order valence-corrected chi connectivity index (χ0v) is 13.4. The van der Waals surface area contributed by atoms with E-state index < -0.39 is 0 Å². The first-order chi connectivity index (χ1) is 12.8. The number of hydrogen-bond acceptors (Lipinski definition) is 6. The Morgan fingerprint density at radius 2 is 2.00 bits per heavy atom. The fourth-order valence-electron chi connectivity index (χ4n) is 2.88. The standard InChI is InChI=1S/C17H12N8O/c26-17-22-13-8-20-16(25-10-21-12-7-18-6-4-14(12)25)23-15(13)24(17)9-11-3-1-2-5-19-11/h1-8,10H,9H2,(H,22,26). The zero-order chi connectivity index (χ0) is 17.5. The van der Waals surface area contributed by atoms with Crippen LogP contribution < -0.4 is 5.69 Å². The molecule has 9 heteroatoms. The average molecular weight is 344 g/mol. The van der Waals surface area contributed by atoms with Crippen molar-refractivity contribution < 1.29 is 0 Å². The van der Waals surface area contributed by atoms with E-state index in [9.17, 15) is 4.79 Å². The van der Waals surface area contributed by atoms with Crippen molar-refractivity contribution in [1.82, 2.24) is 39.0 Å². The van der Waals surface area contributed by atoms with Gasteiger partial charge in [-0.1, -0.05) is 6.07 Å². The maximum absolute atomic E-state index is 12.3. The summed E-state index contributed by atoms with van der Waals surface area (Å²) in [4.78, 5) is 36.7. The van der Waals surface area contributed by atoms with E-state index in [2.05, 4.69) is 29.9 Å². The Balaban J connectivity index is 1.67. The van der Waals surface area contributed by atoms with Crippen molar-refractivity contribution in [2.75, 3.05) is 0 Å². The summed E-state index contributed by atoms with van der Waals surface area (Å²) in [6.07, 6.45) is 8.30. The second-order valence-electron chi connectivity index (χ2n) is 5.72. The molecule has 0 radical (unpaired) electrons. The number of nitrogens with zero attached hydrogens (tertiary/aromatic N) is 7. The molecule has 0 fully saturated rings. The van der Waals surface area contributed by atoms with Gasteiger partial charge in [0.25, 0.3) is 0 Å². The third-order valence-corrected chi connectivity index (χ3v) is 4.11. The Morgan fingerprint density at radius 1 is 1.04 bits per heavy atom. The molecule has 0 aliphatic carbocycles. The number of H-pyrrole nitrogens is 1. The molecular formula is C17H12N8O. The highest BCUT2D eigenvalue weighted by molar-refractivity contribution is 5.76. The summed E-state index contributed by atoms with van der Waals surface area (Å²) in [5.41, 5.74) is 3.19. The molecule has 5 heterocycles. The lowest BCUT2D eigenvalue weighted by atomic mass is 10.3. The van der Waals surface area contributed by atoms with Crippen molar-refractivity contribution in [3.8, 4) is 5.95 Å². The largest absolute Gasteiger partial charge is 0.328 e. The van der Waals surface area contributed by atoms with Crippen LogP contribution in [0.25, 0.3) is 28.1 Å². The van der Waals surface area contributed by atoms with Crippen LogP contribution in [0, 0.1) is 0 Å². The van der Waals surface area contributed by atoms with E-state index in [-0.39, 0.29) is 5.69 Å². The minimum absolute atomic E-state index is 0.253. The predicted octanol–water partition coefficient (Wildman–Crippen LogP) is 1.30. The normalized spacial score (nSPS) is 11.4. The van der Waals surface area contributed by atoms with E-state index in [1.54, 1.807) is 40.2 Å². The molecule has 0 saturated carbocycles. The molecule has 0 amide bonds. The van der Waals surface area contributed by atoms with Gasteiger partial charge in [-0.05, 0) is 18.2 Å². The first-order valence-electron chi connectivity index (χ1n) is 7.92. The number of rotatable bonds is 3. The first kappa shape index (κ1) is 14.5. The molecule has 9 nitrogen and oxygen atoms in total. The third-order valence-electron chi connectivity index (χ3n) is 4.11. The van der Waals surface area contributed by atoms with Crippen LogP contribution in [0.5, 0.6) is 0 Å². The molecular weight excluding hydrogens is 332 g/mol. The van der Waals surface area contributed by atoms with Crippen LogP contribution in [0.15, 0.2) is 60.2 Å². The summed E-state index contributed by atoms with van der Waals surface area (Å²) >= 11 is 0. The van der Waals surface area contributed by atoms with Gasteiger partial charge in [0, 0.05) is 12.4 Å². The summed E-state index contributed by atoms with van der Waals surface area (Å²) in [5, 5.41) is 0. The lowest BCUT2D eigenvalue weighted by Gasteiger charge is -2.05. The maximum Gasteiger partial charge on any atom is 0.328 e. The fourth-order valence-corrected chi connectivity index (χ4v) is 2.88. The van der Waals surface area contributed by atoms with E-state index in [1.807, 2.05) is 24.3 Å². The van der Waals surface area contributed by atoms with Crippen molar-refractivity contribution in [2.24, 2.45) is 0 Å². The lowest BCUT2D eigenvalue weighted by Crippen LogP contribution is -2.18. The Labute approximate surface area is 146 Å². The van der Waals surface area contributed by atoms with Gasteiger partial charge in [0.2, 0.25) is 5.95 Å². The summed E-state index contributed by atoms with van der Waals surface area (Å²) < 4.78 is 3.31. The Morgan fingerprint density at radius 3 is 2.88 bits per heavy atom. The SMILES string of the molecule is O=c1[nH]c2cnc(-n3cnc4cnccc43)nc2n1Cc1ccccn1. The van der Waals surface area contributed by atoms with Crippen molar-refractivity contribution in [3.63, 3.8) is 0 Å². The highest BCUT2D eigenvalue weighted by Gasteiger charge is 2.13.